The van der Waals surface area contributed by atoms with Crippen LogP contribution in [0.2, 0.25) is 0 Å². The second kappa shape index (κ2) is 7.43. The molecule has 0 amide bonds. The van der Waals surface area contributed by atoms with Crippen molar-refractivity contribution in [2.45, 2.75) is 31.5 Å². The lowest BCUT2D eigenvalue weighted by Crippen LogP contribution is -2.37. The number of hydrogen-bond donors (Lipinski definition) is 0. The second-order valence-corrected chi connectivity index (χ2v) is 9.31. The van der Waals surface area contributed by atoms with Crippen molar-refractivity contribution in [2.75, 3.05) is 20.2 Å². The molecule has 0 radical (unpaired) electrons. The number of nitrogens with zero attached hydrogens (tertiary/aromatic N) is 5. The van der Waals surface area contributed by atoms with Crippen LogP contribution in [-0.2, 0) is 11.3 Å². The van der Waals surface area contributed by atoms with Gasteiger partial charge in [-0.2, -0.15) is 11.3 Å². The molecule has 1 aliphatic heterocycles. The molecule has 0 unspecified atom stereocenters. The lowest BCUT2D eigenvalue weighted by atomic mass is 9.77. The number of thiazole rings is 1. The van der Waals surface area contributed by atoms with Gasteiger partial charge < -0.3 is 4.74 Å². The van der Waals surface area contributed by atoms with Crippen molar-refractivity contribution in [1.82, 2.24) is 24.9 Å². The van der Waals surface area contributed by atoms with Crippen LogP contribution < -0.4 is 0 Å². The van der Waals surface area contributed by atoms with Gasteiger partial charge in [0.2, 0.25) is 0 Å². The number of fused-ring (bicyclic) bond motifs is 1. The topological polar surface area (TPSA) is 56.1 Å². The Morgan fingerprint density at radius 3 is 2.85 bits per heavy atom. The van der Waals surface area contributed by atoms with Gasteiger partial charge >= 0.3 is 0 Å². The van der Waals surface area contributed by atoms with Gasteiger partial charge in [-0.15, -0.1) is 16.4 Å². The Morgan fingerprint density at radius 2 is 2.11 bits per heavy atom. The fourth-order valence-corrected chi connectivity index (χ4v) is 5.96. The molecule has 4 heterocycles. The van der Waals surface area contributed by atoms with Crippen molar-refractivity contribution in [3.8, 4) is 11.3 Å². The van der Waals surface area contributed by atoms with E-state index in [9.17, 15) is 0 Å². The fourth-order valence-electron chi connectivity index (χ4n) is 4.65. The van der Waals surface area contributed by atoms with Gasteiger partial charge in [0, 0.05) is 42.7 Å². The average molecular weight is 402 g/mol. The molecule has 2 fully saturated rings. The molecule has 1 saturated carbocycles. The van der Waals surface area contributed by atoms with Crippen LogP contribution >= 0.6 is 22.7 Å². The first kappa shape index (κ1) is 17.5. The largest absolute Gasteiger partial charge is 0.379 e. The van der Waals surface area contributed by atoms with E-state index in [1.54, 1.807) is 22.7 Å². The van der Waals surface area contributed by atoms with Crippen molar-refractivity contribution in [3.63, 3.8) is 0 Å². The first-order chi connectivity index (χ1) is 13.3. The van der Waals surface area contributed by atoms with Gasteiger partial charge in [0.05, 0.1) is 24.9 Å². The zero-order chi connectivity index (χ0) is 18.2. The number of rotatable bonds is 5. The SMILES string of the molecule is CO[C@@H]1C[C@H]2CN(Cc3nccs3)C[C@H]2C[C@H]1n1cc(-c2ccsc2)nn1. The number of likely N-dealkylation sites (tertiary alicyclic amines) is 1. The first-order valence-corrected chi connectivity index (χ1v) is 11.2. The summed E-state index contributed by atoms with van der Waals surface area (Å²) in [6, 6.07) is 2.35. The lowest BCUT2D eigenvalue weighted by Gasteiger charge is -2.37. The van der Waals surface area contributed by atoms with Gasteiger partial charge in [0.15, 0.2) is 0 Å². The Balaban J connectivity index is 1.31. The molecule has 1 aliphatic carbocycles. The Hall–Kier alpha value is -1.61. The number of thiophene rings is 1. The van der Waals surface area contributed by atoms with Gasteiger partial charge in [-0.05, 0) is 36.1 Å². The predicted octanol–water partition coefficient (Wildman–Crippen LogP) is 3.56. The summed E-state index contributed by atoms with van der Waals surface area (Å²) < 4.78 is 7.93. The van der Waals surface area contributed by atoms with E-state index in [-0.39, 0.29) is 12.1 Å². The summed E-state index contributed by atoms with van der Waals surface area (Å²) in [7, 11) is 1.83. The Labute approximate surface area is 166 Å². The summed E-state index contributed by atoms with van der Waals surface area (Å²) in [5.74, 6) is 1.39. The molecule has 8 heteroatoms. The highest BCUT2D eigenvalue weighted by atomic mass is 32.1. The second-order valence-electron chi connectivity index (χ2n) is 7.55. The van der Waals surface area contributed by atoms with E-state index in [2.05, 4.69) is 48.6 Å². The minimum Gasteiger partial charge on any atom is -0.379 e. The molecule has 0 N–H and O–H groups in total. The van der Waals surface area contributed by atoms with E-state index in [1.807, 2.05) is 18.0 Å². The van der Waals surface area contributed by atoms with Crippen LogP contribution in [0.4, 0.5) is 0 Å². The Kier molecular flexibility index (Phi) is 4.81. The van der Waals surface area contributed by atoms with Crippen molar-refractivity contribution in [2.24, 2.45) is 11.8 Å². The molecular weight excluding hydrogens is 378 g/mol. The van der Waals surface area contributed by atoms with Crippen LogP contribution in [0.25, 0.3) is 11.3 Å². The van der Waals surface area contributed by atoms with Gasteiger partial charge in [-0.3, -0.25) is 4.90 Å². The van der Waals surface area contributed by atoms with Crippen LogP contribution in [-0.4, -0.2) is 51.2 Å². The maximum atomic E-state index is 5.89. The maximum Gasteiger partial charge on any atom is 0.113 e. The van der Waals surface area contributed by atoms with E-state index < -0.39 is 0 Å². The van der Waals surface area contributed by atoms with E-state index in [0.717, 1.165) is 43.7 Å². The summed E-state index contributed by atoms with van der Waals surface area (Å²) in [5, 5.41) is 16.3. The molecule has 2 aliphatic rings. The molecule has 0 bridgehead atoms. The standard InChI is InChI=1S/C19H23N5OS2/c1-25-18-7-15-9-23(11-19-20-3-5-27-19)8-14(15)6-17(18)24-10-16(21-22-24)13-2-4-26-12-13/h2-5,10,12,14-15,17-18H,6-9,11H2,1H3/t14-,15+,17-,18-/m1/s1. The van der Waals surface area contributed by atoms with Crippen molar-refractivity contribution < 1.29 is 4.74 Å². The van der Waals surface area contributed by atoms with Crippen LogP contribution in [0, 0.1) is 11.8 Å². The molecule has 6 nitrogen and oxygen atoms in total. The highest BCUT2D eigenvalue weighted by Crippen LogP contribution is 2.42. The van der Waals surface area contributed by atoms with Gasteiger partial charge in [-0.1, -0.05) is 5.21 Å². The third kappa shape index (κ3) is 3.47. The lowest BCUT2D eigenvalue weighted by molar-refractivity contribution is -0.00545. The first-order valence-electron chi connectivity index (χ1n) is 9.38. The Bertz CT molecular complexity index is 863. The zero-order valence-electron chi connectivity index (χ0n) is 15.3. The summed E-state index contributed by atoms with van der Waals surface area (Å²) in [6.45, 7) is 3.26. The molecule has 1 saturated heterocycles. The predicted molar refractivity (Wildman–Crippen MR) is 107 cm³/mol. The molecule has 3 aromatic rings. The number of aromatic nitrogens is 4. The van der Waals surface area contributed by atoms with Gasteiger partial charge in [0.1, 0.15) is 10.7 Å². The molecule has 0 aromatic carbocycles. The zero-order valence-corrected chi connectivity index (χ0v) is 16.9. The number of methoxy groups -OCH3 is 1. The normalized spacial score (nSPS) is 28.5. The van der Waals surface area contributed by atoms with E-state index in [0.29, 0.717) is 11.8 Å². The highest BCUT2D eigenvalue weighted by Gasteiger charge is 2.43. The number of ether oxygens (including phenoxy) is 1. The third-order valence-corrected chi connectivity index (χ3v) is 7.42. The minimum absolute atomic E-state index is 0.197. The smallest absolute Gasteiger partial charge is 0.113 e. The molecule has 5 rings (SSSR count). The highest BCUT2D eigenvalue weighted by molar-refractivity contribution is 7.09. The van der Waals surface area contributed by atoms with Crippen LogP contribution in [0.5, 0.6) is 0 Å². The molecule has 27 heavy (non-hydrogen) atoms. The van der Waals surface area contributed by atoms with Crippen LogP contribution in [0.1, 0.15) is 23.9 Å². The molecule has 3 aromatic heterocycles. The maximum absolute atomic E-state index is 5.89. The quantitative estimate of drug-likeness (QED) is 0.654. The molecule has 142 valence electrons. The van der Waals surface area contributed by atoms with Gasteiger partial charge in [-0.25, -0.2) is 9.67 Å². The number of hydrogen-bond acceptors (Lipinski definition) is 7. The third-order valence-electron chi connectivity index (χ3n) is 5.97. The van der Waals surface area contributed by atoms with E-state index >= 15 is 0 Å². The minimum atomic E-state index is 0.197. The summed E-state index contributed by atoms with van der Waals surface area (Å²) in [5.41, 5.74) is 2.09. The average Bonchev–Trinajstić information content (AvgIpc) is 3.46. The fraction of sp³-hybridized carbons (Fsp3) is 0.526. The van der Waals surface area contributed by atoms with E-state index in [4.69, 9.17) is 4.74 Å². The molecule has 0 spiro atoms. The summed E-state index contributed by atoms with van der Waals surface area (Å²) in [4.78, 5) is 7.01. The van der Waals surface area contributed by atoms with Crippen molar-refractivity contribution in [3.05, 3.63) is 39.6 Å². The summed E-state index contributed by atoms with van der Waals surface area (Å²) in [6.07, 6.45) is 6.37. The van der Waals surface area contributed by atoms with E-state index in [1.165, 1.54) is 5.01 Å². The Morgan fingerprint density at radius 1 is 1.22 bits per heavy atom. The van der Waals surface area contributed by atoms with Crippen molar-refractivity contribution in [1.29, 1.82) is 0 Å². The van der Waals surface area contributed by atoms with Crippen LogP contribution in [0.3, 0.4) is 0 Å². The van der Waals surface area contributed by atoms with Crippen LogP contribution in [0.15, 0.2) is 34.6 Å². The monoisotopic (exact) mass is 401 g/mol. The van der Waals surface area contributed by atoms with Gasteiger partial charge in [0.25, 0.3) is 0 Å². The summed E-state index contributed by atoms with van der Waals surface area (Å²) >= 11 is 3.43. The molecule has 4 atom stereocenters. The van der Waals surface area contributed by atoms with Crippen molar-refractivity contribution >= 4 is 22.7 Å². The molecular formula is C19H23N5OS2.